The van der Waals surface area contributed by atoms with Crippen molar-refractivity contribution < 1.29 is 27.4 Å². The molecule has 2 saturated heterocycles. The molecule has 0 spiro atoms. The zero-order chi connectivity index (χ0) is 21.8. The van der Waals surface area contributed by atoms with Gasteiger partial charge in [-0.3, -0.25) is 4.79 Å². The minimum Gasteiger partial charge on any atom is -0.406 e. The third kappa shape index (κ3) is 5.35. The zero-order valence-corrected chi connectivity index (χ0v) is 16.7. The molecular weight excluding hydrogens is 415 g/mol. The van der Waals surface area contributed by atoms with Gasteiger partial charge in [0.05, 0.1) is 13.2 Å². The van der Waals surface area contributed by atoms with Crippen molar-refractivity contribution in [2.45, 2.75) is 6.36 Å². The van der Waals surface area contributed by atoms with E-state index in [9.17, 15) is 18.0 Å². The predicted octanol–water partition coefficient (Wildman–Crippen LogP) is 2.17. The quantitative estimate of drug-likeness (QED) is 0.726. The van der Waals surface area contributed by atoms with Crippen LogP contribution in [0.4, 0.5) is 24.9 Å². The first-order valence-electron chi connectivity index (χ1n) is 9.95. The lowest BCUT2D eigenvalue weighted by atomic mass is 10.1. The molecule has 0 aliphatic carbocycles. The van der Waals surface area contributed by atoms with Crippen molar-refractivity contribution in [3.63, 3.8) is 0 Å². The van der Waals surface area contributed by atoms with Gasteiger partial charge in [0, 0.05) is 51.0 Å². The Labute approximate surface area is 177 Å². The van der Waals surface area contributed by atoms with Crippen LogP contribution in [0.15, 0.2) is 36.5 Å². The Bertz CT molecular complexity index is 896. The van der Waals surface area contributed by atoms with Crippen molar-refractivity contribution in [3.8, 4) is 5.75 Å². The number of alkyl halides is 3. The lowest BCUT2D eigenvalue weighted by Crippen LogP contribution is -2.49. The molecule has 166 valence electrons. The summed E-state index contributed by atoms with van der Waals surface area (Å²) in [7, 11) is 0. The highest BCUT2D eigenvalue weighted by molar-refractivity contribution is 5.94. The molecule has 1 amide bonds. The van der Waals surface area contributed by atoms with Crippen LogP contribution in [0, 0.1) is 0 Å². The first kappa shape index (κ1) is 21.2. The molecule has 0 unspecified atom stereocenters. The van der Waals surface area contributed by atoms with Gasteiger partial charge in [0.15, 0.2) is 0 Å². The maximum absolute atomic E-state index is 12.7. The Kier molecular flexibility index (Phi) is 6.12. The SMILES string of the molecule is O=C(c1ccc(OC(F)(F)F)cc1)N1CCN(c2ccnc(N3CCOCC3)n2)CC1. The van der Waals surface area contributed by atoms with E-state index in [1.807, 2.05) is 6.07 Å². The summed E-state index contributed by atoms with van der Waals surface area (Å²) in [5.41, 5.74) is 0.319. The second-order valence-electron chi connectivity index (χ2n) is 7.17. The Morgan fingerprint density at radius 2 is 1.61 bits per heavy atom. The summed E-state index contributed by atoms with van der Waals surface area (Å²) >= 11 is 0. The number of piperazine rings is 1. The molecule has 11 heteroatoms. The number of nitrogens with zero attached hydrogens (tertiary/aromatic N) is 5. The Hall–Kier alpha value is -3.08. The van der Waals surface area contributed by atoms with Crippen LogP contribution in [0.2, 0.25) is 0 Å². The molecular formula is C20H22F3N5O3. The largest absolute Gasteiger partial charge is 0.573 e. The molecule has 1 aromatic carbocycles. The van der Waals surface area contributed by atoms with Crippen molar-refractivity contribution in [1.29, 1.82) is 0 Å². The number of carbonyl (C=O) groups is 1. The second kappa shape index (κ2) is 8.96. The van der Waals surface area contributed by atoms with Crippen LogP contribution in [0.25, 0.3) is 0 Å². The molecule has 2 aliphatic rings. The van der Waals surface area contributed by atoms with Crippen molar-refractivity contribution in [3.05, 3.63) is 42.1 Å². The summed E-state index contributed by atoms with van der Waals surface area (Å²) in [6, 6.07) is 6.82. The summed E-state index contributed by atoms with van der Waals surface area (Å²) in [6.45, 7) is 4.96. The normalized spacial score (nSPS) is 17.6. The van der Waals surface area contributed by atoms with E-state index in [-0.39, 0.29) is 11.7 Å². The summed E-state index contributed by atoms with van der Waals surface area (Å²) in [4.78, 5) is 27.6. The van der Waals surface area contributed by atoms with Gasteiger partial charge in [-0.05, 0) is 30.3 Å². The smallest absolute Gasteiger partial charge is 0.406 e. The number of carbonyl (C=O) groups excluding carboxylic acids is 1. The number of aromatic nitrogens is 2. The number of ether oxygens (including phenoxy) is 2. The van der Waals surface area contributed by atoms with Gasteiger partial charge in [-0.25, -0.2) is 4.98 Å². The van der Waals surface area contributed by atoms with Gasteiger partial charge in [-0.15, -0.1) is 13.2 Å². The third-order valence-corrected chi connectivity index (χ3v) is 5.15. The number of rotatable bonds is 4. The number of halogens is 3. The summed E-state index contributed by atoms with van der Waals surface area (Å²) in [5, 5.41) is 0. The average Bonchev–Trinajstić information content (AvgIpc) is 2.79. The molecule has 31 heavy (non-hydrogen) atoms. The molecule has 0 N–H and O–H groups in total. The molecule has 2 aromatic rings. The van der Waals surface area contributed by atoms with Crippen molar-refractivity contribution in [2.24, 2.45) is 0 Å². The molecule has 3 heterocycles. The molecule has 2 aliphatic heterocycles. The van der Waals surface area contributed by atoms with E-state index < -0.39 is 6.36 Å². The fourth-order valence-electron chi connectivity index (χ4n) is 3.55. The highest BCUT2D eigenvalue weighted by Crippen LogP contribution is 2.24. The molecule has 4 rings (SSSR count). The van der Waals surface area contributed by atoms with Crippen molar-refractivity contribution in [2.75, 3.05) is 62.3 Å². The number of benzene rings is 1. The molecule has 1 aromatic heterocycles. The van der Waals surface area contributed by atoms with E-state index in [2.05, 4.69) is 24.5 Å². The Morgan fingerprint density at radius 1 is 0.935 bits per heavy atom. The van der Waals surface area contributed by atoms with Crippen LogP contribution in [0.1, 0.15) is 10.4 Å². The Morgan fingerprint density at radius 3 is 2.26 bits per heavy atom. The van der Waals surface area contributed by atoms with Crippen molar-refractivity contribution in [1.82, 2.24) is 14.9 Å². The molecule has 0 saturated carbocycles. The number of hydrogen-bond donors (Lipinski definition) is 0. The lowest BCUT2D eigenvalue weighted by Gasteiger charge is -2.36. The molecule has 0 radical (unpaired) electrons. The van der Waals surface area contributed by atoms with E-state index >= 15 is 0 Å². The maximum atomic E-state index is 12.7. The minimum absolute atomic E-state index is 0.227. The fourth-order valence-corrected chi connectivity index (χ4v) is 3.55. The van der Waals surface area contributed by atoms with Crippen LogP contribution in [-0.4, -0.2) is 79.6 Å². The average molecular weight is 437 g/mol. The first-order valence-corrected chi connectivity index (χ1v) is 9.95. The van der Waals surface area contributed by atoms with Gasteiger partial charge >= 0.3 is 6.36 Å². The van der Waals surface area contributed by atoms with E-state index in [0.29, 0.717) is 50.9 Å². The van der Waals surface area contributed by atoms with Gasteiger partial charge in [0.25, 0.3) is 5.91 Å². The highest BCUT2D eigenvalue weighted by atomic mass is 19.4. The van der Waals surface area contributed by atoms with Gasteiger partial charge in [-0.2, -0.15) is 4.98 Å². The van der Waals surface area contributed by atoms with Crippen LogP contribution in [0.5, 0.6) is 5.75 Å². The van der Waals surface area contributed by atoms with E-state index in [1.54, 1.807) is 11.1 Å². The minimum atomic E-state index is -4.76. The van der Waals surface area contributed by atoms with Crippen LogP contribution < -0.4 is 14.5 Å². The monoisotopic (exact) mass is 437 g/mol. The Balaban J connectivity index is 1.35. The third-order valence-electron chi connectivity index (χ3n) is 5.15. The topological polar surface area (TPSA) is 71.0 Å². The molecule has 8 nitrogen and oxygen atoms in total. The number of anilines is 2. The molecule has 0 atom stereocenters. The summed E-state index contributed by atoms with van der Waals surface area (Å²) in [5.74, 6) is 0.890. The standard InChI is InChI=1S/C20H22F3N5O3/c21-20(22,23)31-16-3-1-15(2-4-16)18(29)27-9-7-26(8-10-27)17-5-6-24-19(25-17)28-11-13-30-14-12-28/h1-6H,7-14H2. The highest BCUT2D eigenvalue weighted by Gasteiger charge is 2.31. The van der Waals surface area contributed by atoms with E-state index in [1.165, 1.54) is 12.1 Å². The molecule has 2 fully saturated rings. The van der Waals surface area contributed by atoms with Gasteiger partial charge in [0.1, 0.15) is 11.6 Å². The zero-order valence-electron chi connectivity index (χ0n) is 16.7. The van der Waals surface area contributed by atoms with Gasteiger partial charge in [-0.1, -0.05) is 0 Å². The number of amides is 1. The predicted molar refractivity (Wildman–Crippen MR) is 106 cm³/mol. The van der Waals surface area contributed by atoms with Crippen LogP contribution in [-0.2, 0) is 4.74 Å². The number of hydrogen-bond acceptors (Lipinski definition) is 7. The van der Waals surface area contributed by atoms with E-state index in [4.69, 9.17) is 4.74 Å². The van der Waals surface area contributed by atoms with Crippen molar-refractivity contribution >= 4 is 17.7 Å². The first-order chi connectivity index (χ1) is 14.9. The summed E-state index contributed by atoms with van der Waals surface area (Å²) in [6.07, 6.45) is -3.03. The lowest BCUT2D eigenvalue weighted by molar-refractivity contribution is -0.274. The summed E-state index contributed by atoms with van der Waals surface area (Å²) < 4.78 is 46.0. The second-order valence-corrected chi connectivity index (χ2v) is 7.17. The van der Waals surface area contributed by atoms with E-state index in [0.717, 1.165) is 31.0 Å². The van der Waals surface area contributed by atoms with Gasteiger partial charge in [0.2, 0.25) is 5.95 Å². The van der Waals surface area contributed by atoms with Crippen LogP contribution >= 0.6 is 0 Å². The number of morpholine rings is 1. The van der Waals surface area contributed by atoms with Crippen LogP contribution in [0.3, 0.4) is 0 Å². The maximum Gasteiger partial charge on any atom is 0.573 e. The molecule has 0 bridgehead atoms. The van der Waals surface area contributed by atoms with Gasteiger partial charge < -0.3 is 24.2 Å². The fraction of sp³-hybridized carbons (Fsp3) is 0.450.